The topological polar surface area (TPSA) is 58.4 Å². The van der Waals surface area contributed by atoms with E-state index < -0.39 is 5.41 Å². The molecule has 1 fully saturated rings. The lowest BCUT2D eigenvalue weighted by Gasteiger charge is -2.37. The van der Waals surface area contributed by atoms with Crippen molar-refractivity contribution in [3.05, 3.63) is 71.7 Å². The number of benzene rings is 2. The first-order chi connectivity index (χ1) is 15.6. The summed E-state index contributed by atoms with van der Waals surface area (Å²) in [4.78, 5) is 29.8. The number of carbonyl (C=O) groups excluding carboxylic acids is 2. The zero-order chi connectivity index (χ0) is 23.8. The third-order valence-electron chi connectivity index (χ3n) is 5.82. The summed E-state index contributed by atoms with van der Waals surface area (Å²) in [5.41, 5.74) is 3.21. The molecule has 0 aliphatic carbocycles. The second kappa shape index (κ2) is 8.81. The highest BCUT2D eigenvalue weighted by atomic mass is 19.1. The summed E-state index contributed by atoms with van der Waals surface area (Å²) in [6.45, 7) is 9.67. The average molecular weight is 449 g/mol. The Balaban J connectivity index is 1.64. The van der Waals surface area contributed by atoms with Gasteiger partial charge in [0.2, 0.25) is 5.91 Å². The molecule has 2 amide bonds. The van der Waals surface area contributed by atoms with E-state index in [1.54, 1.807) is 27.9 Å². The van der Waals surface area contributed by atoms with Crippen LogP contribution in [0.5, 0.6) is 0 Å². The Morgan fingerprint density at radius 1 is 0.939 bits per heavy atom. The summed E-state index contributed by atoms with van der Waals surface area (Å²) < 4.78 is 15.0. The smallest absolute Gasteiger partial charge is 0.257 e. The first kappa shape index (κ1) is 22.7. The van der Waals surface area contributed by atoms with Gasteiger partial charge in [0.25, 0.3) is 5.91 Å². The van der Waals surface area contributed by atoms with Crippen molar-refractivity contribution in [2.45, 2.75) is 27.7 Å². The molecule has 1 aliphatic rings. The number of nitrogens with zero attached hydrogens (tertiary/aromatic N) is 4. The molecule has 4 rings (SSSR count). The van der Waals surface area contributed by atoms with E-state index in [9.17, 15) is 14.0 Å². The minimum Gasteiger partial charge on any atom is -0.339 e. The van der Waals surface area contributed by atoms with Gasteiger partial charge in [-0.25, -0.2) is 9.07 Å². The van der Waals surface area contributed by atoms with Crippen LogP contribution in [-0.2, 0) is 4.79 Å². The highest BCUT2D eigenvalue weighted by Gasteiger charge is 2.32. The van der Waals surface area contributed by atoms with Crippen molar-refractivity contribution >= 4 is 11.8 Å². The van der Waals surface area contributed by atoms with E-state index in [-0.39, 0.29) is 17.6 Å². The summed E-state index contributed by atoms with van der Waals surface area (Å²) in [5.74, 6) is -0.356. The van der Waals surface area contributed by atoms with Crippen molar-refractivity contribution < 1.29 is 14.0 Å². The Kier molecular flexibility index (Phi) is 6.06. The number of piperazine rings is 1. The molecular weight excluding hydrogens is 419 g/mol. The fraction of sp³-hybridized carbons (Fsp3) is 0.346. The number of aromatic nitrogens is 2. The number of amides is 2. The minimum atomic E-state index is -0.444. The molecule has 1 aliphatic heterocycles. The molecule has 0 bridgehead atoms. The van der Waals surface area contributed by atoms with Gasteiger partial charge in [-0.3, -0.25) is 9.59 Å². The van der Waals surface area contributed by atoms with Gasteiger partial charge in [-0.1, -0.05) is 44.5 Å². The fourth-order valence-corrected chi connectivity index (χ4v) is 4.02. The second-order valence-electron chi connectivity index (χ2n) is 9.52. The van der Waals surface area contributed by atoms with Gasteiger partial charge in [-0.05, 0) is 37.3 Å². The van der Waals surface area contributed by atoms with E-state index in [0.29, 0.717) is 43.1 Å². The molecule has 172 valence electrons. The van der Waals surface area contributed by atoms with Gasteiger partial charge < -0.3 is 9.80 Å². The second-order valence-corrected chi connectivity index (χ2v) is 9.52. The van der Waals surface area contributed by atoms with E-state index in [1.165, 1.54) is 12.1 Å². The molecule has 7 heteroatoms. The number of carbonyl (C=O) groups is 2. The quantitative estimate of drug-likeness (QED) is 0.600. The Labute approximate surface area is 193 Å². The summed E-state index contributed by atoms with van der Waals surface area (Å²) in [5, 5.41) is 4.70. The Bertz CT molecular complexity index is 1170. The average Bonchev–Trinajstić information content (AvgIpc) is 3.23. The van der Waals surface area contributed by atoms with Crippen molar-refractivity contribution in [2.75, 3.05) is 26.2 Å². The zero-order valence-electron chi connectivity index (χ0n) is 19.5. The van der Waals surface area contributed by atoms with Crippen molar-refractivity contribution in [1.82, 2.24) is 19.6 Å². The number of halogens is 1. The van der Waals surface area contributed by atoms with Crippen molar-refractivity contribution in [3.8, 4) is 16.9 Å². The summed E-state index contributed by atoms with van der Waals surface area (Å²) in [6.07, 6.45) is 1.71. The number of hydrogen-bond acceptors (Lipinski definition) is 3. The summed E-state index contributed by atoms with van der Waals surface area (Å²) in [7, 11) is 0. The van der Waals surface area contributed by atoms with Crippen LogP contribution < -0.4 is 0 Å². The maximum atomic E-state index is 13.6. The highest BCUT2D eigenvalue weighted by Crippen LogP contribution is 2.27. The van der Waals surface area contributed by atoms with E-state index >= 15 is 0 Å². The van der Waals surface area contributed by atoms with Crippen LogP contribution in [0.4, 0.5) is 4.39 Å². The van der Waals surface area contributed by atoms with E-state index in [0.717, 1.165) is 11.1 Å². The SMILES string of the molecule is Cc1cccc(-c2nn(-c3ccc(F)cc3)cc2C(=O)N2CCN(C(=O)C(C)(C)C)CC2)c1. The fourth-order valence-electron chi connectivity index (χ4n) is 4.02. The maximum Gasteiger partial charge on any atom is 0.257 e. The van der Waals surface area contributed by atoms with Gasteiger partial charge in [-0.15, -0.1) is 0 Å². The number of rotatable bonds is 3. The lowest BCUT2D eigenvalue weighted by Crippen LogP contribution is -2.53. The maximum absolute atomic E-state index is 13.6. The molecule has 0 saturated carbocycles. The van der Waals surface area contributed by atoms with Gasteiger partial charge in [0, 0.05) is 43.4 Å². The van der Waals surface area contributed by atoms with Crippen LogP contribution in [0, 0.1) is 18.2 Å². The monoisotopic (exact) mass is 448 g/mol. The third-order valence-corrected chi connectivity index (χ3v) is 5.82. The lowest BCUT2D eigenvalue weighted by molar-refractivity contribution is -0.140. The zero-order valence-corrected chi connectivity index (χ0v) is 19.5. The summed E-state index contributed by atoms with van der Waals surface area (Å²) in [6, 6.07) is 13.9. The molecular formula is C26H29FN4O2. The molecule has 0 unspecified atom stereocenters. The molecule has 2 heterocycles. The third kappa shape index (κ3) is 4.82. The first-order valence-electron chi connectivity index (χ1n) is 11.1. The molecule has 2 aromatic carbocycles. The minimum absolute atomic E-state index is 0.0965. The Hall–Kier alpha value is -3.48. The van der Waals surface area contributed by atoms with Crippen LogP contribution in [0.15, 0.2) is 54.7 Å². The number of aryl methyl sites for hydroxylation is 1. The lowest BCUT2D eigenvalue weighted by atomic mass is 9.94. The molecule has 0 radical (unpaired) electrons. The highest BCUT2D eigenvalue weighted by molar-refractivity contribution is 6.00. The molecule has 3 aromatic rings. The van der Waals surface area contributed by atoms with E-state index in [4.69, 9.17) is 5.10 Å². The van der Waals surface area contributed by atoms with Gasteiger partial charge >= 0.3 is 0 Å². The van der Waals surface area contributed by atoms with Crippen LogP contribution >= 0.6 is 0 Å². The van der Waals surface area contributed by atoms with Crippen molar-refractivity contribution in [2.24, 2.45) is 5.41 Å². The van der Waals surface area contributed by atoms with Crippen LogP contribution in [0.2, 0.25) is 0 Å². The van der Waals surface area contributed by atoms with Gasteiger partial charge in [0.1, 0.15) is 11.5 Å². The molecule has 0 atom stereocenters. The van der Waals surface area contributed by atoms with Gasteiger partial charge in [0.05, 0.1) is 11.3 Å². The van der Waals surface area contributed by atoms with Crippen LogP contribution in [0.25, 0.3) is 16.9 Å². The van der Waals surface area contributed by atoms with Crippen LogP contribution in [-0.4, -0.2) is 57.6 Å². The standard InChI is InChI=1S/C26H29FN4O2/c1-18-6-5-7-19(16-18)23-22(17-31(28-23)21-10-8-20(27)9-11-21)24(32)29-12-14-30(15-13-29)25(33)26(2,3)4/h5-11,16-17H,12-15H2,1-4H3. The predicted octanol–water partition coefficient (Wildman–Crippen LogP) is 4.32. The van der Waals surface area contributed by atoms with Crippen LogP contribution in [0.3, 0.4) is 0 Å². The Morgan fingerprint density at radius 3 is 2.18 bits per heavy atom. The summed E-state index contributed by atoms with van der Waals surface area (Å²) >= 11 is 0. The predicted molar refractivity (Wildman–Crippen MR) is 126 cm³/mol. The van der Waals surface area contributed by atoms with Gasteiger partial charge in [-0.2, -0.15) is 5.10 Å². The van der Waals surface area contributed by atoms with Crippen molar-refractivity contribution in [3.63, 3.8) is 0 Å². The molecule has 1 aromatic heterocycles. The number of hydrogen-bond donors (Lipinski definition) is 0. The molecule has 0 spiro atoms. The Morgan fingerprint density at radius 2 is 1.58 bits per heavy atom. The molecule has 6 nitrogen and oxygen atoms in total. The first-order valence-corrected chi connectivity index (χ1v) is 11.1. The normalized spacial score (nSPS) is 14.5. The molecule has 0 N–H and O–H groups in total. The molecule has 33 heavy (non-hydrogen) atoms. The van der Waals surface area contributed by atoms with Crippen LogP contribution in [0.1, 0.15) is 36.7 Å². The van der Waals surface area contributed by atoms with E-state index in [1.807, 2.05) is 56.9 Å². The van der Waals surface area contributed by atoms with Crippen molar-refractivity contribution in [1.29, 1.82) is 0 Å². The van der Waals surface area contributed by atoms with Gasteiger partial charge in [0.15, 0.2) is 0 Å². The largest absolute Gasteiger partial charge is 0.339 e. The van der Waals surface area contributed by atoms with E-state index in [2.05, 4.69) is 0 Å². The molecule has 1 saturated heterocycles.